The Balaban J connectivity index is 1.59. The van der Waals surface area contributed by atoms with E-state index in [1.807, 2.05) is 30.3 Å². The molecule has 0 saturated heterocycles. The minimum atomic E-state index is -0.609. The van der Waals surface area contributed by atoms with E-state index in [2.05, 4.69) is 15.3 Å². The SMILES string of the molecule is NC(=O)c1cnc(-c2ccccc2)nc1CCNC(=O)CCc1ccc(F)cc1. The molecule has 1 heterocycles. The van der Waals surface area contributed by atoms with Gasteiger partial charge in [-0.1, -0.05) is 42.5 Å². The molecule has 3 rings (SSSR count). The van der Waals surface area contributed by atoms with E-state index in [1.165, 1.54) is 18.3 Å². The summed E-state index contributed by atoms with van der Waals surface area (Å²) in [5.74, 6) is -0.550. The van der Waals surface area contributed by atoms with Crippen molar-refractivity contribution < 1.29 is 14.0 Å². The molecule has 0 aliphatic rings. The van der Waals surface area contributed by atoms with Gasteiger partial charge in [0.1, 0.15) is 5.82 Å². The Labute approximate surface area is 168 Å². The summed E-state index contributed by atoms with van der Waals surface area (Å²) in [6.45, 7) is 0.313. The minimum absolute atomic E-state index is 0.132. The van der Waals surface area contributed by atoms with Gasteiger partial charge in [0.05, 0.1) is 11.3 Å². The number of aromatic nitrogens is 2. The van der Waals surface area contributed by atoms with Gasteiger partial charge in [0.25, 0.3) is 5.91 Å². The molecule has 0 fully saturated rings. The van der Waals surface area contributed by atoms with Crippen LogP contribution < -0.4 is 11.1 Å². The first-order valence-corrected chi connectivity index (χ1v) is 9.25. The maximum absolute atomic E-state index is 12.9. The quantitative estimate of drug-likeness (QED) is 0.616. The van der Waals surface area contributed by atoms with Crippen LogP contribution in [0.2, 0.25) is 0 Å². The van der Waals surface area contributed by atoms with Crippen LogP contribution in [0.15, 0.2) is 60.8 Å². The Morgan fingerprint density at radius 1 is 1.00 bits per heavy atom. The van der Waals surface area contributed by atoms with Crippen LogP contribution in [0.25, 0.3) is 11.4 Å². The van der Waals surface area contributed by atoms with E-state index in [0.29, 0.717) is 30.9 Å². The fourth-order valence-corrected chi connectivity index (χ4v) is 2.86. The van der Waals surface area contributed by atoms with Crippen molar-refractivity contribution >= 4 is 11.8 Å². The average molecular weight is 392 g/mol. The number of hydrogen-bond donors (Lipinski definition) is 2. The summed E-state index contributed by atoms with van der Waals surface area (Å²) in [4.78, 5) is 32.4. The first-order valence-electron chi connectivity index (χ1n) is 9.25. The number of nitrogens with two attached hydrogens (primary N) is 1. The van der Waals surface area contributed by atoms with Crippen LogP contribution >= 0.6 is 0 Å². The third kappa shape index (κ3) is 5.68. The smallest absolute Gasteiger partial charge is 0.252 e. The number of amides is 2. The number of hydrogen-bond acceptors (Lipinski definition) is 4. The molecular weight excluding hydrogens is 371 g/mol. The molecule has 2 amide bonds. The van der Waals surface area contributed by atoms with Gasteiger partial charge in [-0.25, -0.2) is 14.4 Å². The van der Waals surface area contributed by atoms with Crippen molar-refractivity contribution in [1.29, 1.82) is 0 Å². The van der Waals surface area contributed by atoms with Crippen molar-refractivity contribution in [3.8, 4) is 11.4 Å². The second-order valence-corrected chi connectivity index (χ2v) is 6.51. The van der Waals surface area contributed by atoms with E-state index in [-0.39, 0.29) is 23.7 Å². The average Bonchev–Trinajstić information content (AvgIpc) is 2.74. The van der Waals surface area contributed by atoms with Crippen molar-refractivity contribution in [3.63, 3.8) is 0 Å². The van der Waals surface area contributed by atoms with Gasteiger partial charge < -0.3 is 11.1 Å². The van der Waals surface area contributed by atoms with Gasteiger partial charge in [0.2, 0.25) is 5.91 Å². The molecule has 0 unspecified atom stereocenters. The van der Waals surface area contributed by atoms with Crippen molar-refractivity contribution in [3.05, 3.63) is 83.4 Å². The van der Waals surface area contributed by atoms with Gasteiger partial charge in [-0.3, -0.25) is 9.59 Å². The highest BCUT2D eigenvalue weighted by Crippen LogP contribution is 2.16. The minimum Gasteiger partial charge on any atom is -0.365 e. The molecule has 0 bridgehead atoms. The van der Waals surface area contributed by atoms with Gasteiger partial charge in [0.15, 0.2) is 5.82 Å². The zero-order valence-electron chi connectivity index (χ0n) is 15.8. The van der Waals surface area contributed by atoms with Crippen molar-refractivity contribution in [1.82, 2.24) is 15.3 Å². The second kappa shape index (κ2) is 9.54. The number of primary amides is 1. The van der Waals surface area contributed by atoms with Crippen molar-refractivity contribution in [2.24, 2.45) is 5.73 Å². The van der Waals surface area contributed by atoms with E-state index in [4.69, 9.17) is 5.73 Å². The number of carbonyl (C=O) groups is 2. The molecule has 0 saturated carbocycles. The predicted octanol–water partition coefficient (Wildman–Crippen LogP) is 2.67. The third-order valence-corrected chi connectivity index (χ3v) is 4.40. The summed E-state index contributed by atoms with van der Waals surface area (Å²) in [5.41, 5.74) is 7.87. The molecule has 3 aromatic rings. The molecule has 3 N–H and O–H groups in total. The lowest BCUT2D eigenvalue weighted by Gasteiger charge is -2.09. The van der Waals surface area contributed by atoms with Gasteiger partial charge in [-0.2, -0.15) is 0 Å². The van der Waals surface area contributed by atoms with E-state index >= 15 is 0 Å². The molecule has 0 aliphatic carbocycles. The molecule has 0 atom stereocenters. The van der Waals surface area contributed by atoms with Crippen molar-refractivity contribution in [2.45, 2.75) is 19.3 Å². The number of carbonyl (C=O) groups excluding carboxylic acids is 2. The predicted molar refractivity (Wildman–Crippen MR) is 107 cm³/mol. The summed E-state index contributed by atoms with van der Waals surface area (Å²) in [6.07, 6.45) is 2.57. The summed E-state index contributed by atoms with van der Waals surface area (Å²) >= 11 is 0. The largest absolute Gasteiger partial charge is 0.365 e. The molecule has 1 aromatic heterocycles. The molecule has 0 aliphatic heterocycles. The Kier molecular flexibility index (Phi) is 6.63. The van der Waals surface area contributed by atoms with E-state index in [9.17, 15) is 14.0 Å². The summed E-state index contributed by atoms with van der Waals surface area (Å²) in [7, 11) is 0. The zero-order chi connectivity index (χ0) is 20.6. The lowest BCUT2D eigenvalue weighted by Crippen LogP contribution is -2.27. The molecule has 7 heteroatoms. The summed E-state index contributed by atoms with van der Waals surface area (Å²) < 4.78 is 12.9. The van der Waals surface area contributed by atoms with Crippen LogP contribution in [0, 0.1) is 5.82 Å². The maximum Gasteiger partial charge on any atom is 0.252 e. The van der Waals surface area contributed by atoms with Crippen LogP contribution in [-0.4, -0.2) is 28.3 Å². The first kappa shape index (κ1) is 20.1. The lowest BCUT2D eigenvalue weighted by atomic mass is 10.1. The van der Waals surface area contributed by atoms with E-state index < -0.39 is 5.91 Å². The van der Waals surface area contributed by atoms with Gasteiger partial charge in [0, 0.05) is 31.1 Å². The van der Waals surface area contributed by atoms with Crippen LogP contribution in [0.5, 0.6) is 0 Å². The van der Waals surface area contributed by atoms with Crippen LogP contribution in [0.1, 0.15) is 28.0 Å². The monoisotopic (exact) mass is 392 g/mol. The lowest BCUT2D eigenvalue weighted by molar-refractivity contribution is -0.121. The Hall–Kier alpha value is -3.61. The Bertz CT molecular complexity index is 991. The number of rotatable bonds is 8. The number of benzene rings is 2. The Morgan fingerprint density at radius 2 is 1.72 bits per heavy atom. The summed E-state index contributed by atoms with van der Waals surface area (Å²) in [5, 5.41) is 2.81. The highest BCUT2D eigenvalue weighted by Gasteiger charge is 2.13. The van der Waals surface area contributed by atoms with Crippen LogP contribution in [-0.2, 0) is 17.6 Å². The van der Waals surface area contributed by atoms with Gasteiger partial charge in [-0.05, 0) is 24.1 Å². The molecular formula is C22H21FN4O2. The van der Waals surface area contributed by atoms with Gasteiger partial charge >= 0.3 is 0 Å². The third-order valence-electron chi connectivity index (χ3n) is 4.40. The van der Waals surface area contributed by atoms with Gasteiger partial charge in [-0.15, -0.1) is 0 Å². The molecule has 6 nitrogen and oxygen atoms in total. The number of halogens is 1. The maximum atomic E-state index is 12.9. The van der Waals surface area contributed by atoms with E-state index in [1.54, 1.807) is 12.1 Å². The fraction of sp³-hybridized carbons (Fsp3) is 0.182. The molecule has 29 heavy (non-hydrogen) atoms. The second-order valence-electron chi connectivity index (χ2n) is 6.51. The highest BCUT2D eigenvalue weighted by atomic mass is 19.1. The van der Waals surface area contributed by atoms with E-state index in [0.717, 1.165) is 11.1 Å². The standard InChI is InChI=1S/C22H21FN4O2/c23-17-9-6-15(7-10-17)8-11-20(28)25-13-12-19-18(21(24)29)14-26-22(27-19)16-4-2-1-3-5-16/h1-7,9-10,14H,8,11-13H2,(H2,24,29)(H,25,28). The molecule has 0 radical (unpaired) electrons. The first-order chi connectivity index (χ1) is 14.0. The Morgan fingerprint density at radius 3 is 2.41 bits per heavy atom. The zero-order valence-corrected chi connectivity index (χ0v) is 15.8. The molecule has 2 aromatic carbocycles. The number of nitrogens with zero attached hydrogens (tertiary/aromatic N) is 2. The number of aryl methyl sites for hydroxylation is 1. The highest BCUT2D eigenvalue weighted by molar-refractivity contribution is 5.93. The normalized spacial score (nSPS) is 10.5. The summed E-state index contributed by atoms with van der Waals surface area (Å²) in [6, 6.07) is 15.5. The number of nitrogens with one attached hydrogen (secondary N) is 1. The van der Waals surface area contributed by atoms with Crippen LogP contribution in [0.3, 0.4) is 0 Å². The fourth-order valence-electron chi connectivity index (χ4n) is 2.86. The molecule has 0 spiro atoms. The van der Waals surface area contributed by atoms with Crippen LogP contribution in [0.4, 0.5) is 4.39 Å². The topological polar surface area (TPSA) is 98.0 Å². The molecule has 148 valence electrons. The van der Waals surface area contributed by atoms with Crippen molar-refractivity contribution in [2.75, 3.05) is 6.54 Å².